The number of rotatable bonds is 6. The number of aromatic nitrogens is 1. The fraction of sp³-hybridized carbons (Fsp3) is 0.636. The van der Waals surface area contributed by atoms with Crippen molar-refractivity contribution in [1.82, 2.24) is 9.88 Å². The number of nitrogens with zero attached hydrogens (tertiary/aromatic N) is 2. The van der Waals surface area contributed by atoms with E-state index in [9.17, 15) is 4.79 Å². The quantitative estimate of drug-likeness (QED) is 0.714. The lowest BCUT2D eigenvalue weighted by Crippen LogP contribution is -2.13. The van der Waals surface area contributed by atoms with Crippen LogP contribution in [0, 0.1) is 0 Å². The van der Waals surface area contributed by atoms with Gasteiger partial charge in [-0.25, -0.2) is 9.78 Å². The number of ether oxygens (including phenoxy) is 1. The first-order chi connectivity index (χ1) is 7.63. The van der Waals surface area contributed by atoms with Crippen LogP contribution in [0.5, 0.6) is 0 Å². The molecule has 16 heavy (non-hydrogen) atoms. The Labute approximate surface area is 100 Å². The molecule has 1 aromatic heterocycles. The molecule has 0 N–H and O–H groups in total. The molecule has 0 atom stereocenters. The van der Waals surface area contributed by atoms with Gasteiger partial charge in [-0.15, -0.1) is 11.3 Å². The van der Waals surface area contributed by atoms with Crippen LogP contribution in [-0.4, -0.2) is 43.1 Å². The molecule has 0 spiro atoms. The molecule has 0 radical (unpaired) electrons. The van der Waals surface area contributed by atoms with Crippen LogP contribution in [0.25, 0.3) is 0 Å². The van der Waals surface area contributed by atoms with Crippen LogP contribution < -0.4 is 0 Å². The van der Waals surface area contributed by atoms with E-state index in [1.165, 1.54) is 11.3 Å². The second-order valence-corrected chi connectivity index (χ2v) is 4.70. The first-order valence-electron chi connectivity index (χ1n) is 5.39. The van der Waals surface area contributed by atoms with Gasteiger partial charge in [0.05, 0.1) is 11.6 Å². The summed E-state index contributed by atoms with van der Waals surface area (Å²) in [7, 11) is 4.10. The van der Waals surface area contributed by atoms with E-state index in [4.69, 9.17) is 4.74 Å². The molecule has 0 saturated heterocycles. The molecule has 1 aromatic rings. The van der Waals surface area contributed by atoms with Crippen LogP contribution in [0.1, 0.15) is 28.8 Å². The number of hydrogen-bond donors (Lipinski definition) is 0. The highest BCUT2D eigenvalue weighted by atomic mass is 32.1. The molecule has 0 unspecified atom stereocenters. The highest BCUT2D eigenvalue weighted by Crippen LogP contribution is 2.12. The van der Waals surface area contributed by atoms with Crippen LogP contribution >= 0.6 is 11.3 Å². The monoisotopic (exact) mass is 242 g/mol. The Morgan fingerprint density at radius 1 is 1.56 bits per heavy atom. The largest absolute Gasteiger partial charge is 0.461 e. The highest BCUT2D eigenvalue weighted by molar-refractivity contribution is 7.09. The fourth-order valence-electron chi connectivity index (χ4n) is 1.27. The van der Waals surface area contributed by atoms with Gasteiger partial charge in [-0.3, -0.25) is 0 Å². The minimum absolute atomic E-state index is 0.322. The van der Waals surface area contributed by atoms with Crippen LogP contribution in [-0.2, 0) is 11.2 Å². The standard InChI is InChI=1S/C11H18N2O2S/c1-4-15-11(14)9-8-16-10(12-9)6-5-7-13(2)3/h8H,4-7H2,1-3H3. The summed E-state index contributed by atoms with van der Waals surface area (Å²) in [6, 6.07) is 0. The summed E-state index contributed by atoms with van der Waals surface area (Å²) in [5.41, 5.74) is 0.437. The third-order valence-corrected chi connectivity index (χ3v) is 2.94. The zero-order valence-corrected chi connectivity index (χ0v) is 10.8. The maximum atomic E-state index is 11.4. The second-order valence-electron chi connectivity index (χ2n) is 3.75. The molecule has 0 aliphatic carbocycles. The molecule has 0 fully saturated rings. The van der Waals surface area contributed by atoms with Gasteiger partial charge in [0, 0.05) is 11.8 Å². The van der Waals surface area contributed by atoms with Crippen LogP contribution in [0.15, 0.2) is 5.38 Å². The van der Waals surface area contributed by atoms with Gasteiger partial charge in [-0.2, -0.15) is 0 Å². The van der Waals surface area contributed by atoms with Gasteiger partial charge >= 0.3 is 5.97 Å². The predicted octanol–water partition coefficient (Wildman–Crippen LogP) is 1.81. The van der Waals surface area contributed by atoms with E-state index >= 15 is 0 Å². The van der Waals surface area contributed by atoms with E-state index in [-0.39, 0.29) is 5.97 Å². The fourth-order valence-corrected chi connectivity index (χ4v) is 2.08. The van der Waals surface area contributed by atoms with E-state index in [1.54, 1.807) is 12.3 Å². The number of carbonyl (C=O) groups excluding carboxylic acids is 1. The SMILES string of the molecule is CCOC(=O)c1csc(CCCN(C)C)n1. The zero-order chi connectivity index (χ0) is 12.0. The van der Waals surface area contributed by atoms with Crippen molar-refractivity contribution in [3.05, 3.63) is 16.1 Å². The maximum absolute atomic E-state index is 11.4. The Morgan fingerprint density at radius 3 is 2.94 bits per heavy atom. The van der Waals surface area contributed by atoms with Crippen molar-refractivity contribution in [3.63, 3.8) is 0 Å². The summed E-state index contributed by atoms with van der Waals surface area (Å²) in [4.78, 5) is 17.7. The summed E-state index contributed by atoms with van der Waals surface area (Å²) in [6.45, 7) is 3.23. The highest BCUT2D eigenvalue weighted by Gasteiger charge is 2.11. The topological polar surface area (TPSA) is 42.4 Å². The molecule has 1 heterocycles. The maximum Gasteiger partial charge on any atom is 0.357 e. The first kappa shape index (κ1) is 13.1. The van der Waals surface area contributed by atoms with E-state index in [2.05, 4.69) is 9.88 Å². The summed E-state index contributed by atoms with van der Waals surface area (Å²) >= 11 is 1.52. The molecule has 0 bridgehead atoms. The van der Waals surface area contributed by atoms with Gasteiger partial charge in [0.25, 0.3) is 0 Å². The van der Waals surface area contributed by atoms with Crippen molar-refractivity contribution in [3.8, 4) is 0 Å². The lowest BCUT2D eigenvalue weighted by atomic mass is 10.3. The van der Waals surface area contributed by atoms with Crippen LogP contribution in [0.2, 0.25) is 0 Å². The Kier molecular flexibility index (Phi) is 5.42. The number of hydrogen-bond acceptors (Lipinski definition) is 5. The summed E-state index contributed by atoms with van der Waals surface area (Å²) in [6.07, 6.45) is 1.98. The summed E-state index contributed by atoms with van der Waals surface area (Å²) in [5.74, 6) is -0.322. The molecule has 0 amide bonds. The molecule has 0 saturated carbocycles. The number of carbonyl (C=O) groups is 1. The van der Waals surface area contributed by atoms with Crippen LogP contribution in [0.4, 0.5) is 0 Å². The lowest BCUT2D eigenvalue weighted by molar-refractivity contribution is 0.0520. The molecule has 5 heteroatoms. The molecule has 0 aliphatic heterocycles. The number of esters is 1. The Bertz CT molecular complexity index is 336. The third kappa shape index (κ3) is 4.28. The Balaban J connectivity index is 2.42. The number of aryl methyl sites for hydroxylation is 1. The van der Waals surface area contributed by atoms with Crippen molar-refractivity contribution in [1.29, 1.82) is 0 Å². The Morgan fingerprint density at radius 2 is 2.31 bits per heavy atom. The van der Waals surface area contributed by atoms with Crippen molar-refractivity contribution < 1.29 is 9.53 Å². The van der Waals surface area contributed by atoms with E-state index in [0.717, 1.165) is 24.4 Å². The molecular formula is C11H18N2O2S. The molecule has 4 nitrogen and oxygen atoms in total. The van der Waals surface area contributed by atoms with Gasteiger partial charge in [-0.05, 0) is 34.0 Å². The molecule has 0 aliphatic rings. The molecule has 90 valence electrons. The Hall–Kier alpha value is -0.940. The number of thiazole rings is 1. The molecule has 1 rings (SSSR count). The van der Waals surface area contributed by atoms with Gasteiger partial charge < -0.3 is 9.64 Å². The predicted molar refractivity (Wildman–Crippen MR) is 64.9 cm³/mol. The second kappa shape index (κ2) is 6.60. The van der Waals surface area contributed by atoms with Crippen molar-refractivity contribution in [2.45, 2.75) is 19.8 Å². The minimum Gasteiger partial charge on any atom is -0.461 e. The molecule has 0 aromatic carbocycles. The van der Waals surface area contributed by atoms with Gasteiger partial charge in [0.1, 0.15) is 0 Å². The van der Waals surface area contributed by atoms with Crippen LogP contribution in [0.3, 0.4) is 0 Å². The van der Waals surface area contributed by atoms with Crippen molar-refractivity contribution in [2.24, 2.45) is 0 Å². The van der Waals surface area contributed by atoms with E-state index in [1.807, 2.05) is 14.1 Å². The average Bonchev–Trinajstić information content (AvgIpc) is 2.66. The summed E-state index contributed by atoms with van der Waals surface area (Å²) in [5, 5.41) is 2.77. The average molecular weight is 242 g/mol. The first-order valence-corrected chi connectivity index (χ1v) is 6.27. The third-order valence-electron chi connectivity index (χ3n) is 2.03. The smallest absolute Gasteiger partial charge is 0.357 e. The lowest BCUT2D eigenvalue weighted by Gasteiger charge is -2.07. The van der Waals surface area contributed by atoms with Crippen molar-refractivity contribution >= 4 is 17.3 Å². The zero-order valence-electron chi connectivity index (χ0n) is 10.0. The molecular weight excluding hydrogens is 224 g/mol. The normalized spacial score (nSPS) is 10.8. The summed E-state index contributed by atoms with van der Waals surface area (Å²) < 4.78 is 4.88. The minimum atomic E-state index is -0.322. The van der Waals surface area contributed by atoms with Gasteiger partial charge in [0.2, 0.25) is 0 Å². The van der Waals surface area contributed by atoms with Crippen molar-refractivity contribution in [2.75, 3.05) is 27.2 Å². The van der Waals surface area contributed by atoms with E-state index in [0.29, 0.717) is 12.3 Å². The van der Waals surface area contributed by atoms with Gasteiger partial charge in [-0.1, -0.05) is 0 Å². The van der Waals surface area contributed by atoms with E-state index < -0.39 is 0 Å². The van der Waals surface area contributed by atoms with Gasteiger partial charge in [0.15, 0.2) is 5.69 Å².